The van der Waals surface area contributed by atoms with Crippen molar-refractivity contribution in [2.75, 3.05) is 0 Å². The van der Waals surface area contributed by atoms with E-state index in [1.54, 1.807) is 0 Å². The van der Waals surface area contributed by atoms with Crippen molar-refractivity contribution in [1.82, 2.24) is 4.98 Å². The van der Waals surface area contributed by atoms with Gasteiger partial charge in [-0.2, -0.15) is 0 Å². The standard InChI is InChI=1S/C7H4ClF2NO/c8-5-2-1-4(3-11-5)6(12)7(9)10/h1-3,7H. The Morgan fingerprint density at radius 2 is 2.17 bits per heavy atom. The number of alkyl halides is 2. The van der Waals surface area contributed by atoms with E-state index in [9.17, 15) is 13.6 Å². The summed E-state index contributed by atoms with van der Waals surface area (Å²) in [5.74, 6) is -1.24. The predicted molar refractivity (Wildman–Crippen MR) is 39.6 cm³/mol. The summed E-state index contributed by atoms with van der Waals surface area (Å²) in [6.45, 7) is 0. The molecule has 0 spiro atoms. The molecule has 0 N–H and O–H groups in total. The number of nitrogens with zero attached hydrogens (tertiary/aromatic N) is 1. The van der Waals surface area contributed by atoms with Crippen molar-refractivity contribution in [1.29, 1.82) is 0 Å². The SMILES string of the molecule is O=C(c1ccc(Cl)nc1)C(F)F. The summed E-state index contributed by atoms with van der Waals surface area (Å²) < 4.78 is 23.6. The van der Waals surface area contributed by atoms with E-state index in [0.29, 0.717) is 0 Å². The smallest absolute Gasteiger partial charge is 0.288 e. The molecule has 0 atom stereocenters. The van der Waals surface area contributed by atoms with Crippen LogP contribution in [0.5, 0.6) is 0 Å². The summed E-state index contributed by atoms with van der Waals surface area (Å²) in [5, 5.41) is 0.167. The predicted octanol–water partition coefficient (Wildman–Crippen LogP) is 2.18. The van der Waals surface area contributed by atoms with Gasteiger partial charge in [0.2, 0.25) is 5.78 Å². The van der Waals surface area contributed by atoms with Gasteiger partial charge in [0.05, 0.1) is 0 Å². The first-order chi connectivity index (χ1) is 5.61. The van der Waals surface area contributed by atoms with E-state index in [4.69, 9.17) is 11.6 Å². The molecule has 0 amide bonds. The van der Waals surface area contributed by atoms with E-state index in [1.807, 2.05) is 0 Å². The summed E-state index contributed by atoms with van der Waals surface area (Å²) in [6.07, 6.45) is -1.97. The lowest BCUT2D eigenvalue weighted by Gasteiger charge is -1.97. The third-order valence-corrected chi connectivity index (χ3v) is 1.43. The molecular weight excluding hydrogens is 188 g/mol. The van der Waals surface area contributed by atoms with E-state index >= 15 is 0 Å². The number of carbonyl (C=O) groups is 1. The number of halogens is 3. The number of hydrogen-bond acceptors (Lipinski definition) is 2. The van der Waals surface area contributed by atoms with Crippen molar-refractivity contribution in [2.24, 2.45) is 0 Å². The topological polar surface area (TPSA) is 30.0 Å². The van der Waals surface area contributed by atoms with Gasteiger partial charge >= 0.3 is 6.43 Å². The summed E-state index contributed by atoms with van der Waals surface area (Å²) in [7, 11) is 0. The van der Waals surface area contributed by atoms with Gasteiger partial charge in [0.15, 0.2) is 0 Å². The van der Waals surface area contributed by atoms with Crippen LogP contribution in [0.4, 0.5) is 8.78 Å². The minimum Gasteiger partial charge on any atom is -0.288 e. The van der Waals surface area contributed by atoms with Crippen molar-refractivity contribution >= 4 is 17.4 Å². The second kappa shape index (κ2) is 3.58. The monoisotopic (exact) mass is 191 g/mol. The van der Waals surface area contributed by atoms with Gasteiger partial charge in [-0.3, -0.25) is 4.79 Å². The highest BCUT2D eigenvalue weighted by atomic mass is 35.5. The van der Waals surface area contributed by atoms with Gasteiger partial charge in [-0.05, 0) is 12.1 Å². The fraction of sp³-hybridized carbons (Fsp3) is 0.143. The molecule has 0 aromatic carbocycles. The first-order valence-electron chi connectivity index (χ1n) is 3.05. The summed E-state index contributed by atoms with van der Waals surface area (Å²) in [4.78, 5) is 14.1. The second-order valence-electron chi connectivity index (χ2n) is 2.03. The van der Waals surface area contributed by atoms with Crippen LogP contribution in [0.3, 0.4) is 0 Å². The Morgan fingerprint density at radius 1 is 1.50 bits per heavy atom. The molecule has 0 bridgehead atoms. The third kappa shape index (κ3) is 1.98. The molecule has 0 fully saturated rings. The van der Waals surface area contributed by atoms with Crippen molar-refractivity contribution in [3.05, 3.63) is 29.0 Å². The molecule has 1 rings (SSSR count). The molecule has 0 saturated carbocycles. The highest BCUT2D eigenvalue weighted by Crippen LogP contribution is 2.09. The Morgan fingerprint density at radius 3 is 2.58 bits per heavy atom. The summed E-state index contributed by atoms with van der Waals surface area (Å²) in [5.41, 5.74) is -0.130. The largest absolute Gasteiger partial charge is 0.300 e. The highest BCUT2D eigenvalue weighted by Gasteiger charge is 2.17. The quantitative estimate of drug-likeness (QED) is 0.530. The zero-order chi connectivity index (χ0) is 9.14. The number of carbonyl (C=O) groups excluding carboxylic acids is 1. The van der Waals surface area contributed by atoms with Crippen LogP contribution >= 0.6 is 11.6 Å². The number of hydrogen-bond donors (Lipinski definition) is 0. The van der Waals surface area contributed by atoms with Crippen LogP contribution in [0.25, 0.3) is 0 Å². The Balaban J connectivity index is 2.90. The average Bonchev–Trinajstić information content (AvgIpc) is 2.04. The van der Waals surface area contributed by atoms with Gasteiger partial charge in [0, 0.05) is 11.8 Å². The van der Waals surface area contributed by atoms with E-state index < -0.39 is 12.2 Å². The number of ketones is 1. The molecule has 2 nitrogen and oxygen atoms in total. The van der Waals surface area contributed by atoms with E-state index in [0.717, 1.165) is 6.20 Å². The molecule has 1 aromatic rings. The number of rotatable bonds is 2. The Hall–Kier alpha value is -1.03. The maximum atomic E-state index is 11.8. The minimum absolute atomic E-state index is 0.130. The highest BCUT2D eigenvalue weighted by molar-refractivity contribution is 6.29. The zero-order valence-corrected chi connectivity index (χ0v) is 6.55. The lowest BCUT2D eigenvalue weighted by atomic mass is 10.2. The van der Waals surface area contributed by atoms with Crippen molar-refractivity contribution in [2.45, 2.75) is 6.43 Å². The van der Waals surface area contributed by atoms with Crippen LogP contribution in [-0.2, 0) is 0 Å². The maximum Gasteiger partial charge on any atom is 0.300 e. The van der Waals surface area contributed by atoms with Crippen molar-refractivity contribution in [3.63, 3.8) is 0 Å². The molecule has 12 heavy (non-hydrogen) atoms. The molecule has 0 aliphatic rings. The van der Waals surface area contributed by atoms with E-state index in [-0.39, 0.29) is 10.7 Å². The Labute approximate surface area is 72.2 Å². The second-order valence-corrected chi connectivity index (χ2v) is 2.42. The number of Topliss-reactive ketones (excluding diaryl/α,β-unsaturated/α-hetero) is 1. The van der Waals surface area contributed by atoms with Crippen LogP contribution in [-0.4, -0.2) is 17.2 Å². The van der Waals surface area contributed by atoms with Crippen molar-refractivity contribution in [3.8, 4) is 0 Å². The molecule has 0 saturated heterocycles. The molecule has 0 aliphatic heterocycles. The Kier molecular flexibility index (Phi) is 2.70. The number of pyridine rings is 1. The van der Waals surface area contributed by atoms with Crippen LogP contribution < -0.4 is 0 Å². The summed E-state index contributed by atoms with van der Waals surface area (Å²) >= 11 is 5.39. The Bertz CT molecular complexity index is 286. The van der Waals surface area contributed by atoms with Gasteiger partial charge in [-0.25, -0.2) is 13.8 Å². The normalized spacial score (nSPS) is 10.3. The lowest BCUT2D eigenvalue weighted by molar-refractivity contribution is 0.0678. The van der Waals surface area contributed by atoms with Gasteiger partial charge in [0.1, 0.15) is 5.15 Å². The van der Waals surface area contributed by atoms with Gasteiger partial charge in [-0.1, -0.05) is 11.6 Å². The molecule has 64 valence electrons. The fourth-order valence-electron chi connectivity index (χ4n) is 0.648. The zero-order valence-electron chi connectivity index (χ0n) is 5.80. The fourth-order valence-corrected chi connectivity index (χ4v) is 0.759. The van der Waals surface area contributed by atoms with Crippen LogP contribution in [0.15, 0.2) is 18.3 Å². The maximum absolute atomic E-state index is 11.8. The molecule has 1 heterocycles. The molecule has 5 heteroatoms. The first-order valence-corrected chi connectivity index (χ1v) is 3.43. The van der Waals surface area contributed by atoms with Gasteiger partial charge in [0.25, 0.3) is 0 Å². The first kappa shape index (κ1) is 9.06. The summed E-state index contributed by atoms with van der Waals surface area (Å²) in [6, 6.07) is 2.50. The van der Waals surface area contributed by atoms with Gasteiger partial charge in [-0.15, -0.1) is 0 Å². The molecule has 0 unspecified atom stereocenters. The van der Waals surface area contributed by atoms with Crippen molar-refractivity contribution < 1.29 is 13.6 Å². The minimum atomic E-state index is -2.99. The lowest BCUT2D eigenvalue weighted by Crippen LogP contribution is -2.10. The molecule has 0 aliphatic carbocycles. The average molecular weight is 192 g/mol. The number of aromatic nitrogens is 1. The molecular formula is C7H4ClF2NO. The molecule has 0 radical (unpaired) electrons. The third-order valence-electron chi connectivity index (χ3n) is 1.21. The van der Waals surface area contributed by atoms with Crippen LogP contribution in [0, 0.1) is 0 Å². The van der Waals surface area contributed by atoms with Crippen LogP contribution in [0.2, 0.25) is 5.15 Å². The van der Waals surface area contributed by atoms with Crippen LogP contribution in [0.1, 0.15) is 10.4 Å². The van der Waals surface area contributed by atoms with Gasteiger partial charge < -0.3 is 0 Å². The van der Waals surface area contributed by atoms with E-state index in [1.165, 1.54) is 12.1 Å². The molecule has 1 aromatic heterocycles. The van der Waals surface area contributed by atoms with E-state index in [2.05, 4.69) is 4.98 Å².